The molecule has 1 aromatic rings. The molecular weight excluding hydrogens is 251 g/mol. The minimum Gasteiger partial charge on any atom is -0.369 e. The summed E-state index contributed by atoms with van der Waals surface area (Å²) in [6.45, 7) is 8.14. The molecule has 0 aliphatic carbocycles. The van der Waals surface area contributed by atoms with Crippen molar-refractivity contribution < 1.29 is 4.39 Å². The monoisotopic (exact) mass is 280 g/mol. The minimum atomic E-state index is -0.115. The maximum absolute atomic E-state index is 14.3. The van der Waals surface area contributed by atoms with Gasteiger partial charge >= 0.3 is 0 Å². The number of hydrogen-bond donors (Lipinski definition) is 1. The first-order valence-electron chi connectivity index (χ1n) is 7.87. The Morgan fingerprint density at radius 3 is 2.20 bits per heavy atom. The van der Waals surface area contributed by atoms with Gasteiger partial charge in [-0.25, -0.2) is 4.39 Å². The number of benzene rings is 1. The third-order valence-corrected chi connectivity index (χ3v) is 3.47. The molecule has 0 heterocycles. The molecule has 2 N–H and O–H groups in total. The van der Waals surface area contributed by atoms with Crippen molar-refractivity contribution in [3.8, 4) is 0 Å². The van der Waals surface area contributed by atoms with Gasteiger partial charge in [0, 0.05) is 19.1 Å². The van der Waals surface area contributed by atoms with Crippen LogP contribution in [0, 0.1) is 5.82 Å². The second kappa shape index (κ2) is 8.96. The van der Waals surface area contributed by atoms with Crippen LogP contribution < -0.4 is 10.6 Å². The number of hydrogen-bond acceptors (Lipinski definition) is 2. The summed E-state index contributed by atoms with van der Waals surface area (Å²) in [6.07, 6.45) is 5.19. The molecule has 2 nitrogen and oxygen atoms in total. The molecule has 0 aliphatic rings. The summed E-state index contributed by atoms with van der Waals surface area (Å²) in [6, 6.07) is 5.63. The van der Waals surface area contributed by atoms with Crippen molar-refractivity contribution in [2.75, 3.05) is 18.0 Å². The Morgan fingerprint density at radius 1 is 1.15 bits per heavy atom. The molecule has 20 heavy (non-hydrogen) atoms. The van der Waals surface area contributed by atoms with Crippen LogP contribution in [0.15, 0.2) is 18.2 Å². The normalized spacial score (nSPS) is 12.4. The van der Waals surface area contributed by atoms with E-state index in [1.807, 2.05) is 19.1 Å². The fraction of sp³-hybridized carbons (Fsp3) is 0.647. The number of nitrogens with two attached hydrogens (primary N) is 1. The molecule has 0 bridgehead atoms. The number of unbranched alkanes of at least 4 members (excludes halogenated alkanes) is 2. The zero-order valence-corrected chi connectivity index (χ0v) is 13.2. The van der Waals surface area contributed by atoms with Gasteiger partial charge in [-0.15, -0.1) is 0 Å². The summed E-state index contributed by atoms with van der Waals surface area (Å²) in [5.74, 6) is -0.115. The molecule has 0 aromatic heterocycles. The van der Waals surface area contributed by atoms with Crippen LogP contribution in [-0.2, 0) is 6.42 Å². The maximum Gasteiger partial charge on any atom is 0.146 e. The zero-order chi connectivity index (χ0) is 15.0. The van der Waals surface area contributed by atoms with Gasteiger partial charge in [-0.2, -0.15) is 0 Å². The highest BCUT2D eigenvalue weighted by Crippen LogP contribution is 2.22. The summed E-state index contributed by atoms with van der Waals surface area (Å²) in [5.41, 5.74) is 7.49. The predicted octanol–water partition coefficient (Wildman–Crippen LogP) is 4.12. The van der Waals surface area contributed by atoms with Crippen LogP contribution >= 0.6 is 0 Å². The molecule has 0 fully saturated rings. The van der Waals surface area contributed by atoms with E-state index in [0.29, 0.717) is 0 Å². The molecule has 0 radical (unpaired) electrons. The van der Waals surface area contributed by atoms with Crippen LogP contribution in [0.4, 0.5) is 10.1 Å². The first-order chi connectivity index (χ1) is 9.58. The summed E-state index contributed by atoms with van der Waals surface area (Å²) in [7, 11) is 0. The van der Waals surface area contributed by atoms with E-state index in [1.165, 1.54) is 0 Å². The molecule has 0 spiro atoms. The summed E-state index contributed by atoms with van der Waals surface area (Å²) >= 11 is 0. The Labute approximate surface area is 123 Å². The second-order valence-corrected chi connectivity index (χ2v) is 5.66. The second-order valence-electron chi connectivity index (χ2n) is 5.66. The quantitative estimate of drug-likeness (QED) is 0.737. The smallest absolute Gasteiger partial charge is 0.146 e. The largest absolute Gasteiger partial charge is 0.369 e. The number of nitrogens with zero attached hydrogens (tertiary/aromatic N) is 1. The Balaban J connectivity index is 2.83. The average Bonchev–Trinajstić information content (AvgIpc) is 2.39. The standard InChI is InChI=1S/C17H29FN2/c1-4-6-10-20(11-7-5-2)17-9-8-15(12-14(3)19)13-16(17)18/h8-9,13-14H,4-7,10-12,19H2,1-3H3. The van der Waals surface area contributed by atoms with Crippen LogP contribution in [0.2, 0.25) is 0 Å². The first-order valence-corrected chi connectivity index (χ1v) is 7.87. The fourth-order valence-electron chi connectivity index (χ4n) is 2.36. The lowest BCUT2D eigenvalue weighted by atomic mass is 10.1. The van der Waals surface area contributed by atoms with E-state index in [2.05, 4.69) is 18.7 Å². The topological polar surface area (TPSA) is 29.3 Å². The Bertz CT molecular complexity index is 383. The number of rotatable bonds is 9. The Kier molecular flexibility index (Phi) is 7.60. The van der Waals surface area contributed by atoms with Crippen molar-refractivity contribution in [1.82, 2.24) is 0 Å². The molecule has 0 saturated carbocycles. The first kappa shape index (κ1) is 17.0. The van der Waals surface area contributed by atoms with Gasteiger partial charge in [0.2, 0.25) is 0 Å². The van der Waals surface area contributed by atoms with Gasteiger partial charge in [-0.05, 0) is 43.9 Å². The molecular formula is C17H29FN2. The number of halogens is 1. The third kappa shape index (κ3) is 5.49. The van der Waals surface area contributed by atoms with Crippen molar-refractivity contribution in [1.29, 1.82) is 0 Å². The van der Waals surface area contributed by atoms with E-state index >= 15 is 0 Å². The van der Waals surface area contributed by atoms with Crippen LogP contribution in [0.25, 0.3) is 0 Å². The van der Waals surface area contributed by atoms with E-state index in [9.17, 15) is 4.39 Å². The van der Waals surface area contributed by atoms with Crippen molar-refractivity contribution in [3.05, 3.63) is 29.6 Å². The lowest BCUT2D eigenvalue weighted by Crippen LogP contribution is -2.26. The molecule has 1 rings (SSSR count). The summed E-state index contributed by atoms with van der Waals surface area (Å²) < 4.78 is 14.3. The van der Waals surface area contributed by atoms with E-state index in [-0.39, 0.29) is 11.9 Å². The predicted molar refractivity (Wildman–Crippen MR) is 85.8 cm³/mol. The Hall–Kier alpha value is -1.09. The van der Waals surface area contributed by atoms with Crippen LogP contribution in [0.3, 0.4) is 0 Å². The molecule has 1 atom stereocenters. The molecule has 0 aliphatic heterocycles. The summed E-state index contributed by atoms with van der Waals surface area (Å²) in [4.78, 5) is 2.18. The van der Waals surface area contributed by atoms with Gasteiger partial charge in [-0.1, -0.05) is 32.8 Å². The van der Waals surface area contributed by atoms with Gasteiger partial charge in [0.25, 0.3) is 0 Å². The Morgan fingerprint density at radius 2 is 1.75 bits per heavy atom. The van der Waals surface area contributed by atoms with Crippen LogP contribution in [0.1, 0.15) is 52.0 Å². The van der Waals surface area contributed by atoms with Crippen molar-refractivity contribution in [2.24, 2.45) is 5.73 Å². The lowest BCUT2D eigenvalue weighted by Gasteiger charge is -2.25. The van der Waals surface area contributed by atoms with Crippen LogP contribution in [0.5, 0.6) is 0 Å². The minimum absolute atomic E-state index is 0.0662. The van der Waals surface area contributed by atoms with Crippen molar-refractivity contribution >= 4 is 5.69 Å². The average molecular weight is 280 g/mol. The molecule has 1 aromatic carbocycles. The zero-order valence-electron chi connectivity index (χ0n) is 13.2. The third-order valence-electron chi connectivity index (χ3n) is 3.47. The van der Waals surface area contributed by atoms with E-state index < -0.39 is 0 Å². The lowest BCUT2D eigenvalue weighted by molar-refractivity contribution is 0.601. The summed E-state index contributed by atoms with van der Waals surface area (Å²) in [5, 5.41) is 0. The molecule has 1 unspecified atom stereocenters. The molecule has 114 valence electrons. The highest BCUT2D eigenvalue weighted by Gasteiger charge is 2.12. The van der Waals surface area contributed by atoms with E-state index in [4.69, 9.17) is 5.73 Å². The molecule has 0 saturated heterocycles. The van der Waals surface area contributed by atoms with Gasteiger partial charge < -0.3 is 10.6 Å². The van der Waals surface area contributed by atoms with E-state index in [1.54, 1.807) is 6.07 Å². The van der Waals surface area contributed by atoms with E-state index in [0.717, 1.165) is 56.4 Å². The van der Waals surface area contributed by atoms with Crippen LogP contribution in [-0.4, -0.2) is 19.1 Å². The molecule has 0 amide bonds. The fourth-order valence-corrected chi connectivity index (χ4v) is 2.36. The van der Waals surface area contributed by atoms with Gasteiger partial charge in [0.1, 0.15) is 5.82 Å². The maximum atomic E-state index is 14.3. The highest BCUT2D eigenvalue weighted by atomic mass is 19.1. The van der Waals surface area contributed by atoms with Gasteiger partial charge in [0.05, 0.1) is 5.69 Å². The van der Waals surface area contributed by atoms with Crippen molar-refractivity contribution in [3.63, 3.8) is 0 Å². The molecule has 3 heteroatoms. The van der Waals surface area contributed by atoms with Crippen molar-refractivity contribution in [2.45, 2.75) is 58.9 Å². The van der Waals surface area contributed by atoms with Gasteiger partial charge in [0.15, 0.2) is 0 Å². The highest BCUT2D eigenvalue weighted by molar-refractivity contribution is 5.49. The van der Waals surface area contributed by atoms with Gasteiger partial charge in [-0.3, -0.25) is 0 Å². The number of anilines is 1. The SMILES string of the molecule is CCCCN(CCCC)c1ccc(CC(C)N)cc1F.